The second-order valence-corrected chi connectivity index (χ2v) is 4.87. The number of nitrogens with one attached hydrogen (secondary N) is 1. The lowest BCUT2D eigenvalue weighted by atomic mass is 10.2. The van der Waals surface area contributed by atoms with Gasteiger partial charge in [-0.15, -0.1) is 0 Å². The lowest BCUT2D eigenvalue weighted by Gasteiger charge is -2.15. The van der Waals surface area contributed by atoms with Crippen LogP contribution in [0.1, 0.15) is 0 Å². The molecular formula is C13H12ClN3O6. The molecule has 0 fully saturated rings. The number of nitro groups is 1. The first kappa shape index (κ1) is 16.7. The van der Waals surface area contributed by atoms with Crippen molar-refractivity contribution in [3.05, 3.63) is 39.0 Å². The number of hydrogen-bond acceptors (Lipinski definition) is 7. The molecule has 2 amide bonds. The summed E-state index contributed by atoms with van der Waals surface area (Å²) in [6, 6.07) is 2.34. The van der Waals surface area contributed by atoms with Crippen LogP contribution in [0.5, 0.6) is 5.75 Å². The van der Waals surface area contributed by atoms with Crippen molar-refractivity contribution in [2.24, 2.45) is 0 Å². The molecule has 0 saturated heterocycles. The summed E-state index contributed by atoms with van der Waals surface area (Å²) in [5, 5.41) is 22.2. The Morgan fingerprint density at radius 3 is 2.70 bits per heavy atom. The van der Waals surface area contributed by atoms with E-state index in [0.29, 0.717) is 0 Å². The Morgan fingerprint density at radius 2 is 2.13 bits per heavy atom. The Morgan fingerprint density at radius 1 is 1.43 bits per heavy atom. The first-order valence-electron chi connectivity index (χ1n) is 6.36. The average molecular weight is 342 g/mol. The van der Waals surface area contributed by atoms with Gasteiger partial charge in [-0.3, -0.25) is 24.6 Å². The van der Waals surface area contributed by atoms with Gasteiger partial charge in [0.05, 0.1) is 36.9 Å². The van der Waals surface area contributed by atoms with E-state index in [0.717, 1.165) is 17.0 Å². The monoisotopic (exact) mass is 341 g/mol. The number of rotatable bonds is 6. The smallest absolute Gasteiger partial charge is 0.291 e. The number of ether oxygens (including phenoxy) is 1. The highest BCUT2D eigenvalue weighted by molar-refractivity contribution is 6.33. The Kier molecular flexibility index (Phi) is 4.82. The number of hydrogen-bond donors (Lipinski definition) is 2. The van der Waals surface area contributed by atoms with Crippen molar-refractivity contribution >= 4 is 34.8 Å². The van der Waals surface area contributed by atoms with Crippen molar-refractivity contribution in [3.63, 3.8) is 0 Å². The summed E-state index contributed by atoms with van der Waals surface area (Å²) in [4.78, 5) is 34.8. The largest absolute Gasteiger partial charge is 0.494 e. The van der Waals surface area contributed by atoms with Crippen LogP contribution >= 0.6 is 11.6 Å². The van der Waals surface area contributed by atoms with Gasteiger partial charge < -0.3 is 15.2 Å². The fraction of sp³-hybridized carbons (Fsp3) is 0.231. The molecule has 0 atom stereocenters. The maximum absolute atomic E-state index is 12.1. The Bertz CT molecular complexity index is 718. The zero-order chi connectivity index (χ0) is 17.1. The lowest BCUT2D eigenvalue weighted by molar-refractivity contribution is -0.384. The fourth-order valence-electron chi connectivity index (χ4n) is 2.00. The van der Waals surface area contributed by atoms with Crippen molar-refractivity contribution in [1.82, 2.24) is 4.90 Å². The minimum Gasteiger partial charge on any atom is -0.494 e. The molecule has 2 N–H and O–H groups in total. The topological polar surface area (TPSA) is 122 Å². The number of benzene rings is 1. The molecule has 0 bridgehead atoms. The van der Waals surface area contributed by atoms with E-state index in [1.54, 1.807) is 0 Å². The minimum absolute atomic E-state index is 0.0494. The molecule has 0 aromatic heterocycles. The van der Waals surface area contributed by atoms with Gasteiger partial charge >= 0.3 is 0 Å². The van der Waals surface area contributed by atoms with E-state index in [1.807, 2.05) is 0 Å². The summed E-state index contributed by atoms with van der Waals surface area (Å²) >= 11 is 5.83. The number of β-amino-alcohol motifs (C(OH)–C–C–N with tert-alkyl or cyclic N) is 1. The number of nitro benzene ring substituents is 1. The summed E-state index contributed by atoms with van der Waals surface area (Å²) in [6.07, 6.45) is 1.06. The molecule has 0 spiro atoms. The van der Waals surface area contributed by atoms with E-state index in [1.165, 1.54) is 13.2 Å². The van der Waals surface area contributed by atoms with E-state index in [-0.39, 0.29) is 41.0 Å². The zero-order valence-electron chi connectivity index (χ0n) is 11.9. The molecule has 0 saturated carbocycles. The molecule has 0 aliphatic carbocycles. The molecule has 0 radical (unpaired) electrons. The van der Waals surface area contributed by atoms with Crippen LogP contribution in [0, 0.1) is 10.1 Å². The molecule has 2 rings (SSSR count). The SMILES string of the molecule is COc1cc([N+](=O)[O-])c(Cl)cc1NC1=CC(=O)N(CCO)C1=O. The van der Waals surface area contributed by atoms with Gasteiger partial charge in [0.15, 0.2) is 0 Å². The first-order valence-corrected chi connectivity index (χ1v) is 6.74. The highest BCUT2D eigenvalue weighted by Gasteiger charge is 2.31. The molecule has 122 valence electrons. The molecule has 23 heavy (non-hydrogen) atoms. The molecular weight excluding hydrogens is 330 g/mol. The maximum Gasteiger partial charge on any atom is 0.291 e. The van der Waals surface area contributed by atoms with Gasteiger partial charge in [0.1, 0.15) is 16.5 Å². The van der Waals surface area contributed by atoms with Crippen LogP contribution in [0.4, 0.5) is 11.4 Å². The van der Waals surface area contributed by atoms with Crippen LogP contribution in [-0.2, 0) is 9.59 Å². The zero-order valence-corrected chi connectivity index (χ0v) is 12.7. The third-order valence-electron chi connectivity index (χ3n) is 3.07. The van der Waals surface area contributed by atoms with Crippen LogP contribution in [0.3, 0.4) is 0 Å². The predicted octanol–water partition coefficient (Wildman–Crippen LogP) is 0.914. The summed E-state index contributed by atoms with van der Waals surface area (Å²) in [5.74, 6) is -1.11. The number of carbonyl (C=O) groups excluding carboxylic acids is 2. The van der Waals surface area contributed by atoms with E-state index < -0.39 is 16.7 Å². The number of halogens is 1. The molecule has 1 aliphatic heterocycles. The first-order chi connectivity index (χ1) is 10.9. The summed E-state index contributed by atoms with van der Waals surface area (Å²) in [5.41, 5.74) is -0.202. The molecule has 1 heterocycles. The number of methoxy groups -OCH3 is 1. The molecule has 1 aromatic carbocycles. The average Bonchev–Trinajstić information content (AvgIpc) is 2.75. The number of amides is 2. The quantitative estimate of drug-likeness (QED) is 0.448. The van der Waals surface area contributed by atoms with Crippen LogP contribution in [0.15, 0.2) is 23.9 Å². The van der Waals surface area contributed by atoms with E-state index >= 15 is 0 Å². The second kappa shape index (κ2) is 6.63. The molecule has 10 heteroatoms. The van der Waals surface area contributed by atoms with Crippen LogP contribution in [0.2, 0.25) is 5.02 Å². The van der Waals surface area contributed by atoms with Crippen molar-refractivity contribution in [3.8, 4) is 5.75 Å². The van der Waals surface area contributed by atoms with E-state index in [9.17, 15) is 19.7 Å². The number of nitrogens with zero attached hydrogens (tertiary/aromatic N) is 2. The van der Waals surface area contributed by atoms with E-state index in [2.05, 4.69) is 5.32 Å². The van der Waals surface area contributed by atoms with Gasteiger partial charge in [-0.25, -0.2) is 0 Å². The van der Waals surface area contributed by atoms with Crippen LogP contribution in [0.25, 0.3) is 0 Å². The predicted molar refractivity (Wildman–Crippen MR) is 80.2 cm³/mol. The van der Waals surface area contributed by atoms with Gasteiger partial charge in [0.25, 0.3) is 17.5 Å². The van der Waals surface area contributed by atoms with E-state index in [4.69, 9.17) is 21.4 Å². The van der Waals surface area contributed by atoms with Gasteiger partial charge in [-0.1, -0.05) is 11.6 Å². The number of aliphatic hydroxyl groups excluding tert-OH is 1. The summed E-state index contributed by atoms with van der Waals surface area (Å²) in [6.45, 7) is -0.483. The molecule has 9 nitrogen and oxygen atoms in total. The number of carbonyl (C=O) groups is 2. The highest BCUT2D eigenvalue weighted by Crippen LogP contribution is 2.36. The third kappa shape index (κ3) is 3.25. The maximum atomic E-state index is 12.1. The summed E-state index contributed by atoms with van der Waals surface area (Å²) < 4.78 is 5.04. The van der Waals surface area contributed by atoms with Gasteiger partial charge in [-0.2, -0.15) is 0 Å². The molecule has 1 aromatic rings. The second-order valence-electron chi connectivity index (χ2n) is 4.46. The minimum atomic E-state index is -0.666. The van der Waals surface area contributed by atoms with Crippen molar-refractivity contribution in [2.45, 2.75) is 0 Å². The van der Waals surface area contributed by atoms with Gasteiger partial charge in [-0.05, 0) is 6.07 Å². The summed E-state index contributed by atoms with van der Waals surface area (Å²) in [7, 11) is 1.30. The lowest BCUT2D eigenvalue weighted by Crippen LogP contribution is -2.34. The standard InChI is InChI=1S/C13H12ClN3O6/c1-23-11-6-10(17(21)22)7(14)4-8(11)15-9-5-12(19)16(2-3-18)13(9)20/h4-6,15,18H,2-3H2,1H3. The fourth-order valence-corrected chi connectivity index (χ4v) is 2.24. The Balaban J connectivity index is 2.32. The van der Waals surface area contributed by atoms with Crippen molar-refractivity contribution < 1.29 is 24.4 Å². The van der Waals surface area contributed by atoms with Gasteiger partial charge in [0, 0.05) is 6.08 Å². The molecule has 0 unspecified atom stereocenters. The normalized spacial score (nSPS) is 14.0. The highest BCUT2D eigenvalue weighted by atomic mass is 35.5. The number of imide groups is 1. The van der Waals surface area contributed by atoms with Crippen molar-refractivity contribution in [1.29, 1.82) is 0 Å². The number of aliphatic hydroxyl groups is 1. The van der Waals surface area contributed by atoms with Crippen LogP contribution in [-0.4, -0.2) is 47.0 Å². The van der Waals surface area contributed by atoms with Crippen molar-refractivity contribution in [2.75, 3.05) is 25.6 Å². The molecule has 1 aliphatic rings. The number of anilines is 1. The van der Waals surface area contributed by atoms with Gasteiger partial charge in [0.2, 0.25) is 0 Å². The Labute approximate surface area is 135 Å². The van der Waals surface area contributed by atoms with Crippen LogP contribution < -0.4 is 10.1 Å². The third-order valence-corrected chi connectivity index (χ3v) is 3.37. The Hall–Kier alpha value is -2.65.